The Hall–Kier alpha value is -3.21. The number of pyridine rings is 1. The number of likely N-dealkylation sites (tertiary alicyclic amines) is 2. The van der Waals surface area contributed by atoms with E-state index in [-0.39, 0.29) is 18.0 Å². The minimum atomic E-state index is -0.0652. The second-order valence-corrected chi connectivity index (χ2v) is 11.1. The van der Waals surface area contributed by atoms with E-state index in [1.54, 1.807) is 6.20 Å². The van der Waals surface area contributed by atoms with Gasteiger partial charge in [-0.1, -0.05) is 5.21 Å². The van der Waals surface area contributed by atoms with Gasteiger partial charge < -0.3 is 24.6 Å². The first kappa shape index (κ1) is 25.1. The van der Waals surface area contributed by atoms with E-state index in [1.165, 1.54) is 0 Å². The third kappa shape index (κ3) is 5.92. The van der Waals surface area contributed by atoms with Crippen LogP contribution < -0.4 is 10.1 Å². The van der Waals surface area contributed by atoms with Gasteiger partial charge in [-0.2, -0.15) is 0 Å². The van der Waals surface area contributed by atoms with Gasteiger partial charge >= 0.3 is 6.03 Å². The van der Waals surface area contributed by atoms with Crippen LogP contribution in [-0.4, -0.2) is 87.6 Å². The van der Waals surface area contributed by atoms with Gasteiger partial charge in [0.05, 0.1) is 12.6 Å². The lowest BCUT2D eigenvalue weighted by atomic mass is 9.92. The number of hydrogen-bond donors (Lipinski definition) is 2. The van der Waals surface area contributed by atoms with Crippen LogP contribution >= 0.6 is 0 Å². The Kier molecular flexibility index (Phi) is 7.44. The molecule has 0 aromatic carbocycles. The van der Waals surface area contributed by atoms with Gasteiger partial charge in [0.1, 0.15) is 12.3 Å². The highest BCUT2D eigenvalue weighted by atomic mass is 16.5. The van der Waals surface area contributed by atoms with E-state index in [4.69, 9.17) is 14.5 Å². The van der Waals surface area contributed by atoms with Gasteiger partial charge in [0, 0.05) is 62.2 Å². The summed E-state index contributed by atoms with van der Waals surface area (Å²) in [5.41, 5.74) is 2.34. The molecule has 0 spiro atoms. The van der Waals surface area contributed by atoms with E-state index < -0.39 is 0 Å². The van der Waals surface area contributed by atoms with Crippen molar-refractivity contribution in [1.82, 2.24) is 35.5 Å². The summed E-state index contributed by atoms with van der Waals surface area (Å²) < 4.78 is 11.8. The maximum atomic E-state index is 13.6. The van der Waals surface area contributed by atoms with Crippen molar-refractivity contribution in [3.63, 3.8) is 0 Å². The summed E-state index contributed by atoms with van der Waals surface area (Å²) in [4.78, 5) is 34.9. The maximum absolute atomic E-state index is 13.6. The number of hydrogen-bond acceptors (Lipinski definition) is 7. The van der Waals surface area contributed by atoms with Crippen molar-refractivity contribution in [2.45, 2.75) is 63.5 Å². The Bertz CT molecular complexity index is 1100. The summed E-state index contributed by atoms with van der Waals surface area (Å²) in [7, 11) is 0. The Balaban J connectivity index is 1.05. The van der Waals surface area contributed by atoms with E-state index in [1.807, 2.05) is 21.9 Å². The van der Waals surface area contributed by atoms with Crippen molar-refractivity contribution in [3.8, 4) is 5.88 Å². The predicted octanol–water partition coefficient (Wildman–Crippen LogP) is 2.72. The number of urea groups is 1. The Labute approximate surface area is 222 Å². The van der Waals surface area contributed by atoms with Gasteiger partial charge in [0.25, 0.3) is 5.91 Å². The molecule has 0 bridgehead atoms. The molecule has 1 aliphatic carbocycles. The fourth-order valence-corrected chi connectivity index (χ4v) is 5.92. The third-order valence-corrected chi connectivity index (χ3v) is 8.33. The van der Waals surface area contributed by atoms with Crippen molar-refractivity contribution in [3.05, 3.63) is 35.3 Å². The largest absolute Gasteiger partial charge is 0.475 e. The highest BCUT2D eigenvalue weighted by molar-refractivity contribution is 5.94. The van der Waals surface area contributed by atoms with Gasteiger partial charge in [0.2, 0.25) is 5.88 Å². The van der Waals surface area contributed by atoms with Crippen LogP contribution in [0.2, 0.25) is 0 Å². The lowest BCUT2D eigenvalue weighted by Crippen LogP contribution is -2.39. The minimum absolute atomic E-state index is 0.0512. The van der Waals surface area contributed by atoms with Gasteiger partial charge in [-0.25, -0.2) is 9.78 Å². The van der Waals surface area contributed by atoms with Crippen molar-refractivity contribution < 1.29 is 19.1 Å². The summed E-state index contributed by atoms with van der Waals surface area (Å²) >= 11 is 0. The van der Waals surface area contributed by atoms with Crippen LogP contribution in [0.1, 0.15) is 72.6 Å². The minimum Gasteiger partial charge on any atom is -0.475 e. The van der Waals surface area contributed by atoms with Crippen LogP contribution in [-0.2, 0) is 11.3 Å². The molecule has 3 amide bonds. The molecular weight excluding hydrogens is 486 g/mol. The smallest absolute Gasteiger partial charge is 0.317 e. The quantitative estimate of drug-likeness (QED) is 0.572. The first-order valence-electron chi connectivity index (χ1n) is 14.1. The molecule has 204 valence electrons. The molecule has 1 saturated carbocycles. The molecule has 2 aromatic heterocycles. The monoisotopic (exact) mass is 523 g/mol. The van der Waals surface area contributed by atoms with E-state index in [9.17, 15) is 9.59 Å². The number of nitrogens with zero attached hydrogens (tertiary/aromatic N) is 5. The van der Waals surface area contributed by atoms with Crippen molar-refractivity contribution in [2.75, 3.05) is 39.4 Å². The molecule has 2 N–H and O–H groups in total. The summed E-state index contributed by atoms with van der Waals surface area (Å²) in [6, 6.07) is 3.71. The summed E-state index contributed by atoms with van der Waals surface area (Å²) in [6.45, 7) is 4.46. The zero-order valence-electron chi connectivity index (χ0n) is 21.8. The molecule has 6 rings (SSSR count). The van der Waals surface area contributed by atoms with Crippen LogP contribution in [0.25, 0.3) is 0 Å². The SMILES string of the molecule is O=C(NCc1c[nH]nn1)N1C[C@H]2CCN(C(=O)c3cc(OCC4CCCCO4)nc(C4CC4)c3)CC[C@H]2C1. The van der Waals surface area contributed by atoms with E-state index in [0.717, 1.165) is 70.3 Å². The summed E-state index contributed by atoms with van der Waals surface area (Å²) in [5, 5.41) is 13.2. The lowest BCUT2D eigenvalue weighted by Gasteiger charge is -2.24. The first-order chi connectivity index (χ1) is 18.6. The molecule has 4 fully saturated rings. The number of rotatable bonds is 7. The average Bonchev–Trinajstić information content (AvgIpc) is 3.59. The van der Waals surface area contributed by atoms with Gasteiger partial charge in [-0.15, -0.1) is 5.10 Å². The predicted molar refractivity (Wildman–Crippen MR) is 138 cm³/mol. The fourth-order valence-electron chi connectivity index (χ4n) is 5.92. The number of ether oxygens (including phenoxy) is 2. The van der Waals surface area contributed by atoms with Gasteiger partial charge in [0.15, 0.2) is 0 Å². The zero-order valence-corrected chi connectivity index (χ0v) is 21.8. The molecule has 5 heterocycles. The topological polar surface area (TPSA) is 126 Å². The number of fused-ring (bicyclic) bond motifs is 1. The van der Waals surface area contributed by atoms with Crippen LogP contribution in [0.5, 0.6) is 5.88 Å². The molecule has 0 radical (unpaired) electrons. The second kappa shape index (κ2) is 11.3. The number of H-pyrrole nitrogens is 1. The maximum Gasteiger partial charge on any atom is 0.317 e. The van der Waals surface area contributed by atoms with Gasteiger partial charge in [-0.3, -0.25) is 9.89 Å². The van der Waals surface area contributed by atoms with Crippen LogP contribution in [0, 0.1) is 11.8 Å². The van der Waals surface area contributed by atoms with E-state index >= 15 is 0 Å². The van der Waals surface area contributed by atoms with E-state index in [0.29, 0.717) is 61.1 Å². The zero-order chi connectivity index (χ0) is 25.9. The average molecular weight is 524 g/mol. The van der Waals surface area contributed by atoms with Crippen molar-refractivity contribution >= 4 is 11.9 Å². The molecule has 2 aromatic rings. The van der Waals surface area contributed by atoms with Crippen LogP contribution in [0.3, 0.4) is 0 Å². The standard InChI is InChI=1S/C27H37N7O4/c35-26(21-11-24(18-4-5-18)30-25(12-21)38-17-23-3-1-2-10-37-23)33-8-6-19-15-34(16-20(19)7-9-33)27(36)28-13-22-14-29-32-31-22/h11-12,14,18-20,23H,1-10,13,15-17H2,(H,28,36)(H,29,31,32)/t19-,20+,23?. The molecule has 4 aliphatic rings. The molecule has 3 atom stereocenters. The number of aromatic amines is 1. The number of carbonyl (C=O) groups is 2. The normalized spacial score (nSPS) is 25.5. The second-order valence-electron chi connectivity index (χ2n) is 11.1. The first-order valence-corrected chi connectivity index (χ1v) is 14.1. The highest BCUT2D eigenvalue weighted by Crippen LogP contribution is 2.40. The highest BCUT2D eigenvalue weighted by Gasteiger charge is 2.38. The Morgan fingerprint density at radius 3 is 2.55 bits per heavy atom. The lowest BCUT2D eigenvalue weighted by molar-refractivity contribution is -0.0119. The Morgan fingerprint density at radius 2 is 1.87 bits per heavy atom. The molecule has 38 heavy (non-hydrogen) atoms. The fraction of sp³-hybridized carbons (Fsp3) is 0.667. The summed E-state index contributed by atoms with van der Waals surface area (Å²) in [5.74, 6) is 1.82. The number of nitrogens with one attached hydrogen (secondary N) is 2. The molecule has 3 aliphatic heterocycles. The molecule has 11 nitrogen and oxygen atoms in total. The third-order valence-electron chi connectivity index (χ3n) is 8.33. The number of carbonyl (C=O) groups excluding carboxylic acids is 2. The number of aromatic nitrogens is 4. The number of amides is 3. The van der Waals surface area contributed by atoms with E-state index in [2.05, 4.69) is 20.7 Å². The molecular formula is C27H37N7O4. The summed E-state index contributed by atoms with van der Waals surface area (Å²) in [6.07, 6.45) is 9.08. The molecule has 3 saturated heterocycles. The van der Waals surface area contributed by atoms with Crippen molar-refractivity contribution in [1.29, 1.82) is 0 Å². The van der Waals surface area contributed by atoms with Crippen molar-refractivity contribution in [2.24, 2.45) is 11.8 Å². The van der Waals surface area contributed by atoms with Gasteiger partial charge in [-0.05, 0) is 62.8 Å². The van der Waals surface area contributed by atoms with Crippen LogP contribution in [0.15, 0.2) is 18.3 Å². The Morgan fingerprint density at radius 1 is 1.05 bits per heavy atom. The molecule has 11 heteroatoms. The van der Waals surface area contributed by atoms with Crippen LogP contribution in [0.4, 0.5) is 4.79 Å². The molecule has 1 unspecified atom stereocenters.